The fraction of sp³-hybridized carbons (Fsp3) is 0.931. The molecule has 4 aliphatic heterocycles. The second kappa shape index (κ2) is 23.4. The lowest BCUT2D eigenvalue weighted by molar-refractivity contribution is -0.140. The van der Waals surface area contributed by atoms with Gasteiger partial charge in [0.1, 0.15) is 24.5 Å². The number of phosphoric ester groups is 2. The summed E-state index contributed by atoms with van der Waals surface area (Å²) >= 11 is 0. The molecule has 4 aliphatic rings. The van der Waals surface area contributed by atoms with Gasteiger partial charge in [-0.3, -0.25) is 18.6 Å². The van der Waals surface area contributed by atoms with E-state index in [1.807, 2.05) is 6.92 Å². The molecule has 0 aliphatic carbocycles. The number of phosphoric acid groups is 2. The van der Waals surface area contributed by atoms with Gasteiger partial charge in [0.2, 0.25) is 6.23 Å². The predicted octanol–water partition coefficient (Wildman–Crippen LogP) is 0.103. The van der Waals surface area contributed by atoms with E-state index in [2.05, 4.69) is 39.7 Å². The smallest absolute Gasteiger partial charge is 0.379 e. The highest BCUT2D eigenvalue weighted by atomic mass is 31.2. The molecule has 58 heavy (non-hydrogen) atoms. The van der Waals surface area contributed by atoms with Crippen LogP contribution >= 0.6 is 15.6 Å². The Morgan fingerprint density at radius 3 is 1.79 bits per heavy atom. The summed E-state index contributed by atoms with van der Waals surface area (Å²) in [5.74, 6) is -1.13. The van der Waals surface area contributed by atoms with Crippen molar-refractivity contribution < 1.29 is 85.2 Å². The summed E-state index contributed by atoms with van der Waals surface area (Å²) < 4.78 is 74.7. The van der Waals surface area contributed by atoms with Gasteiger partial charge in [-0.15, -0.1) is 0 Å². The minimum Gasteiger partial charge on any atom is -0.379 e. The average molecular weight is 878 g/mol. The largest absolute Gasteiger partial charge is 0.469 e. The highest BCUT2D eigenvalue weighted by Crippen LogP contribution is 2.38. The van der Waals surface area contributed by atoms with Gasteiger partial charge < -0.3 is 73.8 Å². The van der Waals surface area contributed by atoms with Gasteiger partial charge in [-0.25, -0.2) is 9.13 Å². The van der Waals surface area contributed by atoms with Crippen molar-refractivity contribution in [3.05, 3.63) is 20.9 Å². The number of ether oxygens (including phenoxy) is 8. The van der Waals surface area contributed by atoms with Gasteiger partial charge in [0.15, 0.2) is 12.3 Å². The van der Waals surface area contributed by atoms with Crippen molar-refractivity contribution in [2.45, 2.75) is 132 Å². The normalized spacial score (nSPS) is 33.3. The van der Waals surface area contributed by atoms with Crippen LogP contribution in [-0.2, 0) is 65.7 Å². The molecule has 4 saturated heterocycles. The number of hydrogen-bond acceptors (Lipinski definition) is 17. The van der Waals surface area contributed by atoms with Crippen LogP contribution in [0.3, 0.4) is 0 Å². The molecule has 0 aromatic rings. The van der Waals surface area contributed by atoms with Crippen LogP contribution in [-0.4, -0.2) is 158 Å². The molecule has 14 atom stereocenters. The van der Waals surface area contributed by atoms with Gasteiger partial charge in [-0.05, 0) is 31.8 Å². The number of carbonyl (C=O) groups excluding carboxylic acids is 2. The van der Waals surface area contributed by atoms with Crippen LogP contribution in [0.4, 0.5) is 0 Å². The number of nitrogens with two attached hydrogens (primary N) is 1. The molecule has 0 saturated carbocycles. The molecule has 8 N–H and O–H groups in total. The maximum atomic E-state index is 12.4. The van der Waals surface area contributed by atoms with Gasteiger partial charge in [0.25, 0.3) is 11.8 Å². The number of hydrogen-bond donors (Lipinski definition) is 7. The Labute approximate surface area is 332 Å². The zero-order valence-corrected chi connectivity index (χ0v) is 34.2. The first kappa shape index (κ1) is 49.8. The summed E-state index contributed by atoms with van der Waals surface area (Å²) in [6, 6.07) is 0. The monoisotopic (exact) mass is 877 g/mol. The first-order valence-corrected chi connectivity index (χ1v) is 21.1. The quantitative estimate of drug-likeness (QED) is 0.0369. The zero-order valence-electron chi connectivity index (χ0n) is 32.4. The number of rotatable bonds is 20. The van der Waals surface area contributed by atoms with Gasteiger partial charge in [0, 0.05) is 62.8 Å². The van der Waals surface area contributed by atoms with Crippen LogP contribution in [0.5, 0.6) is 0 Å². The van der Waals surface area contributed by atoms with Gasteiger partial charge in [-0.1, -0.05) is 10.2 Å². The Bertz CT molecular complexity index is 1530. The number of carbonyl (C=O) groups is 2. The molecule has 0 aromatic carbocycles. The SMILES string of the molecule is COC1CC(C)OC1C(=O)NCC(N=[N+]=[N-])OC1CC(C)OC1COP(=O)(O)O.COC1CC(N)OC1CNC(=O)C(N=[N+]=[N-])OC1CC(C)OC1COP(=O)(O)O. The van der Waals surface area contributed by atoms with Crippen molar-refractivity contribution in [1.29, 1.82) is 0 Å². The summed E-state index contributed by atoms with van der Waals surface area (Å²) in [7, 11) is -6.36. The van der Waals surface area contributed by atoms with Gasteiger partial charge in [-0.2, -0.15) is 0 Å². The van der Waals surface area contributed by atoms with Gasteiger partial charge in [0.05, 0.1) is 55.9 Å². The van der Waals surface area contributed by atoms with Crippen molar-refractivity contribution in [3.8, 4) is 0 Å². The number of nitrogens with zero attached hydrogens (tertiary/aromatic N) is 6. The minimum absolute atomic E-state index is 0.0637. The molecule has 2 amide bonds. The number of methoxy groups -OCH3 is 2. The van der Waals surface area contributed by atoms with E-state index in [1.54, 1.807) is 13.8 Å². The maximum Gasteiger partial charge on any atom is 0.469 e. The molecule has 0 aromatic heterocycles. The Hall–Kier alpha value is -2.58. The van der Waals surface area contributed by atoms with E-state index in [1.165, 1.54) is 14.2 Å². The molecule has 332 valence electrons. The van der Waals surface area contributed by atoms with Crippen molar-refractivity contribution in [2.24, 2.45) is 16.0 Å². The summed E-state index contributed by atoms with van der Waals surface area (Å²) in [5, 5.41) is 12.1. The second-order valence-corrected chi connectivity index (χ2v) is 16.1. The lowest BCUT2D eigenvalue weighted by Crippen LogP contribution is -2.44. The van der Waals surface area contributed by atoms with Crippen molar-refractivity contribution in [2.75, 3.05) is 40.5 Å². The number of azide groups is 2. The van der Waals surface area contributed by atoms with Crippen molar-refractivity contribution in [3.63, 3.8) is 0 Å². The van der Waals surface area contributed by atoms with Crippen molar-refractivity contribution >= 4 is 27.5 Å². The van der Waals surface area contributed by atoms with E-state index in [0.717, 1.165) is 0 Å². The van der Waals surface area contributed by atoms with Crippen LogP contribution in [0.2, 0.25) is 0 Å². The van der Waals surface area contributed by atoms with E-state index in [4.69, 9.17) is 74.3 Å². The highest BCUT2D eigenvalue weighted by Gasteiger charge is 2.41. The standard InChI is InChI=1S/C15H27N4O9P.C14H26N5O9P/c1-8-4-10(12(26-8)7-25-29(21,22)23)28-13(18-19-16)6-17-15(20)14-11(24-3)5-9(2)27-14;1-7-3-9(11(26-7)6-25-29(21,22)23)28-14(18-19-16)13(20)17-5-10-8(24-2)4-12(15)27-10/h8-14H,4-7H2,1-3H3,(H,17,20)(H2,21,22,23);7-12,14H,3-6,15H2,1-2H3,(H,17,20)(H2,21,22,23). The third kappa shape index (κ3) is 16.8. The van der Waals surface area contributed by atoms with Crippen LogP contribution in [0.1, 0.15) is 46.5 Å². The second-order valence-electron chi connectivity index (χ2n) is 13.7. The number of amides is 2. The first-order valence-electron chi connectivity index (χ1n) is 18.0. The van der Waals surface area contributed by atoms with Crippen LogP contribution in [0, 0.1) is 0 Å². The first-order chi connectivity index (χ1) is 27.2. The van der Waals surface area contributed by atoms with Crippen LogP contribution in [0.25, 0.3) is 20.9 Å². The van der Waals surface area contributed by atoms with Crippen LogP contribution < -0.4 is 16.4 Å². The fourth-order valence-electron chi connectivity index (χ4n) is 6.54. The summed E-state index contributed by atoms with van der Waals surface area (Å²) in [6.45, 7) is 4.43. The third-order valence-corrected chi connectivity index (χ3v) is 10.1. The third-order valence-electron chi connectivity index (χ3n) is 9.08. The molecular weight excluding hydrogens is 824 g/mol. The highest BCUT2D eigenvalue weighted by molar-refractivity contribution is 7.46. The number of nitrogens with one attached hydrogen (secondary N) is 2. The van der Waals surface area contributed by atoms with Crippen LogP contribution in [0.15, 0.2) is 10.2 Å². The molecule has 4 fully saturated rings. The molecule has 4 heterocycles. The maximum absolute atomic E-state index is 12.4. The van der Waals surface area contributed by atoms with E-state index >= 15 is 0 Å². The topological polar surface area (TPSA) is 389 Å². The summed E-state index contributed by atoms with van der Waals surface area (Å²) in [4.78, 5) is 65.6. The van der Waals surface area contributed by atoms with Gasteiger partial charge >= 0.3 is 15.6 Å². The Morgan fingerprint density at radius 1 is 0.759 bits per heavy atom. The van der Waals surface area contributed by atoms with E-state index in [-0.39, 0.29) is 43.6 Å². The molecule has 14 unspecified atom stereocenters. The Morgan fingerprint density at radius 2 is 1.28 bits per heavy atom. The molecule has 4 rings (SSSR count). The molecule has 0 spiro atoms. The molecule has 0 radical (unpaired) electrons. The lowest BCUT2D eigenvalue weighted by atomic mass is 10.1. The summed E-state index contributed by atoms with van der Waals surface area (Å²) in [5.41, 5.74) is 23.3. The molecule has 0 bridgehead atoms. The van der Waals surface area contributed by atoms with E-state index < -0.39 is 96.0 Å². The fourth-order valence-corrected chi connectivity index (χ4v) is 7.22. The predicted molar refractivity (Wildman–Crippen MR) is 194 cm³/mol. The molecule has 29 heteroatoms. The Kier molecular flexibility index (Phi) is 20.1. The average Bonchev–Trinajstić information content (AvgIpc) is 3.91. The Balaban J connectivity index is 0.000000310. The lowest BCUT2D eigenvalue weighted by Gasteiger charge is -2.24. The van der Waals surface area contributed by atoms with E-state index in [0.29, 0.717) is 25.7 Å². The molecular formula is C29H53N9O18P2. The van der Waals surface area contributed by atoms with E-state index in [9.17, 15) is 18.7 Å². The summed E-state index contributed by atoms with van der Waals surface area (Å²) in [6.07, 6.45) is -6.92. The zero-order chi connectivity index (χ0) is 43.2. The minimum atomic E-state index is -4.70. The molecule has 27 nitrogen and oxygen atoms in total. The van der Waals surface area contributed by atoms with Crippen molar-refractivity contribution in [1.82, 2.24) is 10.6 Å².